The molecule has 0 aromatic heterocycles. The summed E-state index contributed by atoms with van der Waals surface area (Å²) in [5, 5.41) is 0. The highest BCUT2D eigenvalue weighted by Gasteiger charge is 2.37. The van der Waals surface area contributed by atoms with Gasteiger partial charge < -0.3 is 9.47 Å². The molecule has 0 fully saturated rings. The first-order chi connectivity index (χ1) is 8.88. The number of benzene rings is 1. The van der Waals surface area contributed by atoms with Gasteiger partial charge in [0.2, 0.25) is 5.78 Å². The molecule has 0 bridgehead atoms. The summed E-state index contributed by atoms with van der Waals surface area (Å²) in [6, 6.07) is 5.11. The van der Waals surface area contributed by atoms with Gasteiger partial charge in [0.25, 0.3) is 0 Å². The van der Waals surface area contributed by atoms with Crippen LogP contribution in [0, 0.1) is 0 Å². The average Bonchev–Trinajstić information content (AvgIpc) is 2.37. The number of methoxy groups -OCH3 is 2. The second-order valence-electron chi connectivity index (χ2n) is 3.96. The molecule has 0 radical (unpaired) electrons. The zero-order valence-corrected chi connectivity index (χ0v) is 10.7. The molecule has 1 aromatic rings. The maximum Gasteiger partial charge on any atom is 0.449 e. The van der Waals surface area contributed by atoms with E-state index < -0.39 is 18.4 Å². The summed E-state index contributed by atoms with van der Waals surface area (Å²) in [5.41, 5.74) is 0.799. The lowest BCUT2D eigenvalue weighted by atomic mass is 10.1. The van der Waals surface area contributed by atoms with Crippen molar-refractivity contribution in [2.45, 2.75) is 25.4 Å². The van der Waals surface area contributed by atoms with Crippen molar-refractivity contribution in [3.05, 3.63) is 23.8 Å². The molecule has 3 nitrogen and oxygen atoms in total. The fourth-order valence-electron chi connectivity index (χ4n) is 1.63. The molecule has 0 saturated carbocycles. The lowest BCUT2D eigenvalue weighted by molar-refractivity contribution is -0.171. The largest absolute Gasteiger partial charge is 0.493 e. The highest BCUT2D eigenvalue weighted by Crippen LogP contribution is 2.28. The molecule has 1 aromatic carbocycles. The van der Waals surface area contributed by atoms with Crippen LogP contribution in [0.25, 0.3) is 0 Å². The average molecular weight is 276 g/mol. The Hall–Kier alpha value is -1.72. The molecule has 0 spiro atoms. The van der Waals surface area contributed by atoms with Gasteiger partial charge in [-0.05, 0) is 30.5 Å². The number of ketones is 1. The van der Waals surface area contributed by atoms with Crippen molar-refractivity contribution in [1.29, 1.82) is 0 Å². The number of hydrogen-bond donors (Lipinski definition) is 0. The van der Waals surface area contributed by atoms with Gasteiger partial charge in [0.05, 0.1) is 14.2 Å². The van der Waals surface area contributed by atoms with Crippen LogP contribution in [0.3, 0.4) is 0 Å². The molecule has 0 aliphatic carbocycles. The highest BCUT2D eigenvalue weighted by atomic mass is 19.4. The Labute approximate surface area is 109 Å². The lowest BCUT2D eigenvalue weighted by Crippen LogP contribution is -2.22. The maximum atomic E-state index is 12.0. The summed E-state index contributed by atoms with van der Waals surface area (Å²) in [5.74, 6) is -0.618. The van der Waals surface area contributed by atoms with E-state index in [1.807, 2.05) is 0 Å². The van der Waals surface area contributed by atoms with Crippen molar-refractivity contribution >= 4 is 5.78 Å². The van der Waals surface area contributed by atoms with E-state index in [0.29, 0.717) is 17.9 Å². The predicted octanol–water partition coefficient (Wildman–Crippen LogP) is 3.16. The number of alkyl halides is 3. The first kappa shape index (κ1) is 15.3. The first-order valence-corrected chi connectivity index (χ1v) is 5.69. The van der Waals surface area contributed by atoms with Crippen LogP contribution in [0.5, 0.6) is 11.5 Å². The molecular weight excluding hydrogens is 261 g/mol. The number of hydrogen-bond acceptors (Lipinski definition) is 3. The zero-order valence-electron chi connectivity index (χ0n) is 10.7. The summed E-state index contributed by atoms with van der Waals surface area (Å²) in [7, 11) is 2.98. The van der Waals surface area contributed by atoms with Crippen LogP contribution >= 0.6 is 0 Å². The number of rotatable bonds is 6. The molecule has 0 saturated heterocycles. The van der Waals surface area contributed by atoms with Gasteiger partial charge in [-0.15, -0.1) is 0 Å². The molecule has 0 heterocycles. The van der Waals surface area contributed by atoms with Crippen molar-refractivity contribution < 1.29 is 27.4 Å². The van der Waals surface area contributed by atoms with Gasteiger partial charge in [-0.3, -0.25) is 4.79 Å². The molecular formula is C13H15F3O3. The standard InChI is InChI=1S/C13H15F3O3/c1-18-10-7-6-9(8-11(10)19-2)4-3-5-12(17)13(14,15)16/h6-8H,3-5H2,1-2H3. The monoisotopic (exact) mass is 276 g/mol. The van der Waals surface area contributed by atoms with E-state index in [1.54, 1.807) is 18.2 Å². The smallest absolute Gasteiger partial charge is 0.449 e. The number of Topliss-reactive ketones (excluding diaryl/α,β-unsaturated/α-hetero) is 1. The number of carbonyl (C=O) groups is 1. The van der Waals surface area contributed by atoms with Gasteiger partial charge in [0.15, 0.2) is 11.5 Å². The topological polar surface area (TPSA) is 35.5 Å². The van der Waals surface area contributed by atoms with Gasteiger partial charge in [-0.25, -0.2) is 0 Å². The van der Waals surface area contributed by atoms with Gasteiger partial charge in [-0.2, -0.15) is 13.2 Å². The predicted molar refractivity (Wildman–Crippen MR) is 63.5 cm³/mol. The van der Waals surface area contributed by atoms with Crippen molar-refractivity contribution in [3.8, 4) is 11.5 Å². The molecule has 0 aliphatic heterocycles. The molecule has 106 valence electrons. The normalized spacial score (nSPS) is 11.2. The quantitative estimate of drug-likeness (QED) is 0.800. The third-order valence-electron chi connectivity index (χ3n) is 2.63. The fraction of sp³-hybridized carbons (Fsp3) is 0.462. The van der Waals surface area contributed by atoms with E-state index in [9.17, 15) is 18.0 Å². The Morgan fingerprint density at radius 2 is 1.79 bits per heavy atom. The summed E-state index contributed by atoms with van der Waals surface area (Å²) in [6.07, 6.45) is -4.72. The van der Waals surface area contributed by atoms with Gasteiger partial charge in [0.1, 0.15) is 0 Å². The Morgan fingerprint density at radius 1 is 1.16 bits per heavy atom. The molecule has 19 heavy (non-hydrogen) atoms. The van der Waals surface area contributed by atoms with E-state index in [2.05, 4.69) is 0 Å². The molecule has 0 atom stereocenters. The molecule has 0 N–H and O–H groups in total. The Kier molecular flexibility index (Phi) is 5.20. The summed E-state index contributed by atoms with van der Waals surface area (Å²) in [4.78, 5) is 10.7. The number of ether oxygens (including phenoxy) is 2. The zero-order chi connectivity index (χ0) is 14.5. The number of halogens is 3. The van der Waals surface area contributed by atoms with Crippen LogP contribution in [-0.2, 0) is 11.2 Å². The lowest BCUT2D eigenvalue weighted by Gasteiger charge is -2.09. The van der Waals surface area contributed by atoms with Gasteiger partial charge in [-0.1, -0.05) is 6.07 Å². The van der Waals surface area contributed by atoms with Crippen molar-refractivity contribution in [2.75, 3.05) is 14.2 Å². The van der Waals surface area contributed by atoms with E-state index in [-0.39, 0.29) is 6.42 Å². The molecule has 1 rings (SSSR count). The maximum absolute atomic E-state index is 12.0. The second kappa shape index (κ2) is 6.45. The van der Waals surface area contributed by atoms with Gasteiger partial charge >= 0.3 is 6.18 Å². The molecule has 0 unspecified atom stereocenters. The van der Waals surface area contributed by atoms with Crippen LogP contribution in [0.2, 0.25) is 0 Å². The summed E-state index contributed by atoms with van der Waals surface area (Å²) < 4.78 is 46.2. The highest BCUT2D eigenvalue weighted by molar-refractivity contribution is 5.83. The minimum absolute atomic E-state index is 0.147. The van der Waals surface area contributed by atoms with Crippen LogP contribution in [0.4, 0.5) is 13.2 Å². The first-order valence-electron chi connectivity index (χ1n) is 5.69. The molecule has 0 amide bonds. The van der Waals surface area contributed by atoms with Crippen molar-refractivity contribution in [3.63, 3.8) is 0 Å². The van der Waals surface area contributed by atoms with Crippen molar-refractivity contribution in [1.82, 2.24) is 0 Å². The van der Waals surface area contributed by atoms with E-state index in [1.165, 1.54) is 14.2 Å². The fourth-order valence-corrected chi connectivity index (χ4v) is 1.63. The Morgan fingerprint density at radius 3 is 2.32 bits per heavy atom. The van der Waals surface area contributed by atoms with E-state index >= 15 is 0 Å². The third kappa shape index (κ3) is 4.46. The van der Waals surface area contributed by atoms with Crippen LogP contribution in [0.15, 0.2) is 18.2 Å². The van der Waals surface area contributed by atoms with Crippen LogP contribution in [-0.4, -0.2) is 26.2 Å². The number of aryl methyl sites for hydroxylation is 1. The summed E-state index contributed by atoms with van der Waals surface area (Å²) >= 11 is 0. The van der Waals surface area contributed by atoms with Crippen molar-refractivity contribution in [2.24, 2.45) is 0 Å². The van der Waals surface area contributed by atoms with Gasteiger partial charge in [0, 0.05) is 6.42 Å². The third-order valence-corrected chi connectivity index (χ3v) is 2.63. The van der Waals surface area contributed by atoms with E-state index in [0.717, 1.165) is 5.56 Å². The SMILES string of the molecule is COc1ccc(CCCC(=O)C(F)(F)F)cc1OC. The molecule has 6 heteroatoms. The molecule has 0 aliphatic rings. The minimum atomic E-state index is -4.74. The summed E-state index contributed by atoms with van der Waals surface area (Å²) in [6.45, 7) is 0. The Balaban J connectivity index is 2.57. The minimum Gasteiger partial charge on any atom is -0.493 e. The Bertz CT molecular complexity index is 441. The number of carbonyl (C=O) groups excluding carboxylic acids is 1. The van der Waals surface area contributed by atoms with Crippen LogP contribution < -0.4 is 9.47 Å². The van der Waals surface area contributed by atoms with E-state index in [4.69, 9.17) is 9.47 Å². The second-order valence-corrected chi connectivity index (χ2v) is 3.96. The van der Waals surface area contributed by atoms with Crippen LogP contribution in [0.1, 0.15) is 18.4 Å².